The van der Waals surface area contributed by atoms with Crippen molar-refractivity contribution in [3.63, 3.8) is 0 Å². The minimum Gasteiger partial charge on any atom is -0.395 e. The molecule has 0 amide bonds. The number of ether oxygens (including phenoxy) is 1. The van der Waals surface area contributed by atoms with Gasteiger partial charge in [0.1, 0.15) is 0 Å². The van der Waals surface area contributed by atoms with Crippen molar-refractivity contribution in [2.24, 2.45) is 0 Å². The van der Waals surface area contributed by atoms with Gasteiger partial charge in [-0.3, -0.25) is 0 Å². The van der Waals surface area contributed by atoms with Crippen molar-refractivity contribution >= 4 is 0 Å². The second-order valence-corrected chi connectivity index (χ2v) is 4.49. The van der Waals surface area contributed by atoms with Crippen molar-refractivity contribution in [2.75, 3.05) is 20.3 Å². The van der Waals surface area contributed by atoms with Gasteiger partial charge in [-0.05, 0) is 17.5 Å². The molecule has 0 aromatic heterocycles. The molecule has 15 heavy (non-hydrogen) atoms. The largest absolute Gasteiger partial charge is 0.395 e. The minimum absolute atomic E-state index is 0.164. The Morgan fingerprint density at radius 2 is 2.07 bits per heavy atom. The highest BCUT2D eigenvalue weighted by atomic mass is 16.5. The Balaban J connectivity index is 2.82. The Hall–Kier alpha value is -0.860. The third-order valence-electron chi connectivity index (χ3n) is 2.70. The number of hydrogen-bond donors (Lipinski definition) is 1. The molecule has 1 aromatic rings. The Labute approximate surface area is 91.9 Å². The van der Waals surface area contributed by atoms with Crippen molar-refractivity contribution in [3.05, 3.63) is 35.4 Å². The van der Waals surface area contributed by atoms with Crippen LogP contribution in [0.3, 0.4) is 0 Å². The molecule has 0 aliphatic rings. The van der Waals surface area contributed by atoms with Gasteiger partial charge in [0, 0.05) is 12.5 Å². The highest BCUT2D eigenvalue weighted by Gasteiger charge is 2.19. The number of hydrogen-bond acceptors (Lipinski definition) is 2. The van der Waals surface area contributed by atoms with Crippen LogP contribution in [0.4, 0.5) is 0 Å². The molecule has 0 atom stereocenters. The summed E-state index contributed by atoms with van der Waals surface area (Å²) in [5, 5.41) is 9.29. The normalized spacial score (nSPS) is 11.7. The van der Waals surface area contributed by atoms with Gasteiger partial charge in [-0.15, -0.1) is 0 Å². The van der Waals surface area contributed by atoms with Crippen molar-refractivity contribution in [2.45, 2.75) is 25.7 Å². The molecule has 0 spiro atoms. The molecule has 1 rings (SSSR count). The van der Waals surface area contributed by atoms with Crippen molar-refractivity contribution in [1.29, 1.82) is 0 Å². The van der Waals surface area contributed by atoms with Crippen LogP contribution < -0.4 is 0 Å². The molecule has 1 N–H and O–H groups in total. The van der Waals surface area contributed by atoms with E-state index in [1.807, 2.05) is 19.9 Å². The first-order chi connectivity index (χ1) is 7.10. The van der Waals surface area contributed by atoms with E-state index >= 15 is 0 Å². The van der Waals surface area contributed by atoms with Crippen molar-refractivity contribution in [1.82, 2.24) is 0 Å². The van der Waals surface area contributed by atoms with Crippen LogP contribution in [0.15, 0.2) is 24.3 Å². The molecule has 0 saturated carbocycles. The molecule has 0 fully saturated rings. The lowest BCUT2D eigenvalue weighted by atomic mass is 9.84. The SMILES string of the molecule is COCCc1cccc(C(C)(C)CO)c1. The predicted octanol–water partition coefficient (Wildman–Crippen LogP) is 2.15. The topological polar surface area (TPSA) is 29.5 Å². The molecule has 0 radical (unpaired) electrons. The lowest BCUT2D eigenvalue weighted by Crippen LogP contribution is -2.22. The minimum atomic E-state index is -0.164. The zero-order valence-corrected chi connectivity index (χ0v) is 9.79. The van der Waals surface area contributed by atoms with Gasteiger partial charge in [0.05, 0.1) is 13.2 Å². The van der Waals surface area contributed by atoms with Crippen LogP contribution in [0.5, 0.6) is 0 Å². The summed E-state index contributed by atoms with van der Waals surface area (Å²) in [6.45, 7) is 4.99. The molecule has 2 heteroatoms. The first-order valence-electron chi connectivity index (χ1n) is 5.29. The Bertz CT molecular complexity index is 305. The zero-order valence-electron chi connectivity index (χ0n) is 9.79. The Morgan fingerprint density at radius 3 is 2.67 bits per heavy atom. The van der Waals surface area contributed by atoms with Crippen LogP contribution in [0.2, 0.25) is 0 Å². The Morgan fingerprint density at radius 1 is 1.33 bits per heavy atom. The first kappa shape index (κ1) is 12.2. The van der Waals surface area contributed by atoms with Crippen LogP contribution in [0, 0.1) is 0 Å². The third-order valence-corrected chi connectivity index (χ3v) is 2.70. The molecule has 0 saturated heterocycles. The lowest BCUT2D eigenvalue weighted by molar-refractivity contribution is 0.202. The van der Waals surface area contributed by atoms with Crippen molar-refractivity contribution < 1.29 is 9.84 Å². The van der Waals surface area contributed by atoms with E-state index in [2.05, 4.69) is 18.2 Å². The molecule has 84 valence electrons. The van der Waals surface area contributed by atoms with Crippen LogP contribution in [0.25, 0.3) is 0 Å². The van der Waals surface area contributed by atoms with Gasteiger partial charge in [0.25, 0.3) is 0 Å². The summed E-state index contributed by atoms with van der Waals surface area (Å²) in [5.74, 6) is 0. The fourth-order valence-corrected chi connectivity index (χ4v) is 1.46. The smallest absolute Gasteiger partial charge is 0.0522 e. The molecule has 0 aliphatic carbocycles. The molecule has 1 aromatic carbocycles. The van der Waals surface area contributed by atoms with E-state index < -0.39 is 0 Å². The summed E-state index contributed by atoms with van der Waals surface area (Å²) in [7, 11) is 1.71. The maximum Gasteiger partial charge on any atom is 0.0522 e. The average molecular weight is 208 g/mol. The quantitative estimate of drug-likeness (QED) is 0.803. The highest BCUT2D eigenvalue weighted by Crippen LogP contribution is 2.23. The van der Waals surface area contributed by atoms with E-state index in [1.54, 1.807) is 7.11 Å². The van der Waals surface area contributed by atoms with Gasteiger partial charge in [0.2, 0.25) is 0 Å². The predicted molar refractivity (Wildman–Crippen MR) is 62.1 cm³/mol. The summed E-state index contributed by atoms with van der Waals surface area (Å²) in [6.07, 6.45) is 0.922. The fraction of sp³-hybridized carbons (Fsp3) is 0.538. The maximum atomic E-state index is 9.29. The van der Waals surface area contributed by atoms with Gasteiger partial charge >= 0.3 is 0 Å². The van der Waals surface area contributed by atoms with E-state index in [-0.39, 0.29) is 12.0 Å². The second kappa shape index (κ2) is 5.29. The maximum absolute atomic E-state index is 9.29. The van der Waals surface area contributed by atoms with E-state index in [0.29, 0.717) is 0 Å². The number of aliphatic hydroxyl groups excluding tert-OH is 1. The molecule has 0 aliphatic heterocycles. The standard InChI is InChI=1S/C13H20O2/c1-13(2,10-14)12-6-4-5-11(9-12)7-8-15-3/h4-6,9,14H,7-8,10H2,1-3H3. The van der Waals surface area contributed by atoms with E-state index in [0.717, 1.165) is 13.0 Å². The molecule has 0 bridgehead atoms. The molecule has 0 unspecified atom stereocenters. The average Bonchev–Trinajstić information content (AvgIpc) is 2.27. The summed E-state index contributed by atoms with van der Waals surface area (Å²) in [6, 6.07) is 8.34. The zero-order chi connectivity index (χ0) is 11.3. The molecule has 0 heterocycles. The van der Waals surface area contributed by atoms with Crippen molar-refractivity contribution in [3.8, 4) is 0 Å². The molecular formula is C13H20O2. The van der Waals surface area contributed by atoms with Gasteiger partial charge in [0.15, 0.2) is 0 Å². The van der Waals surface area contributed by atoms with Gasteiger partial charge in [-0.1, -0.05) is 38.1 Å². The summed E-state index contributed by atoms with van der Waals surface area (Å²) in [5.41, 5.74) is 2.28. The van der Waals surface area contributed by atoms with E-state index in [1.165, 1.54) is 11.1 Å². The van der Waals surface area contributed by atoms with E-state index in [4.69, 9.17) is 4.74 Å². The number of methoxy groups -OCH3 is 1. The number of aliphatic hydroxyl groups is 1. The summed E-state index contributed by atoms with van der Waals surface area (Å²) in [4.78, 5) is 0. The van der Waals surface area contributed by atoms with Gasteiger partial charge in [-0.2, -0.15) is 0 Å². The van der Waals surface area contributed by atoms with Crippen LogP contribution in [0.1, 0.15) is 25.0 Å². The van der Waals surface area contributed by atoms with E-state index in [9.17, 15) is 5.11 Å². The first-order valence-corrected chi connectivity index (χ1v) is 5.29. The Kier molecular flexibility index (Phi) is 4.30. The number of benzene rings is 1. The lowest BCUT2D eigenvalue weighted by Gasteiger charge is -2.22. The summed E-state index contributed by atoms with van der Waals surface area (Å²) >= 11 is 0. The summed E-state index contributed by atoms with van der Waals surface area (Å²) < 4.78 is 5.05. The molecule has 2 nitrogen and oxygen atoms in total. The fourth-order valence-electron chi connectivity index (χ4n) is 1.46. The monoisotopic (exact) mass is 208 g/mol. The van der Waals surface area contributed by atoms with Gasteiger partial charge < -0.3 is 9.84 Å². The molecular weight excluding hydrogens is 188 g/mol. The highest BCUT2D eigenvalue weighted by molar-refractivity contribution is 5.29. The number of rotatable bonds is 5. The van der Waals surface area contributed by atoms with Crippen LogP contribution >= 0.6 is 0 Å². The van der Waals surface area contributed by atoms with Crippen LogP contribution in [-0.2, 0) is 16.6 Å². The third kappa shape index (κ3) is 3.33. The van der Waals surface area contributed by atoms with Crippen LogP contribution in [-0.4, -0.2) is 25.4 Å². The second-order valence-electron chi connectivity index (χ2n) is 4.49. The van der Waals surface area contributed by atoms with Gasteiger partial charge in [-0.25, -0.2) is 0 Å².